The number of anilines is 1. The lowest BCUT2D eigenvalue weighted by Gasteiger charge is -2.31. The first-order valence-electron chi connectivity index (χ1n) is 7.47. The largest absolute Gasteiger partial charge is 0.497 e. The number of methoxy groups -OCH3 is 1. The van der Waals surface area contributed by atoms with E-state index in [2.05, 4.69) is 63.3 Å². The first kappa shape index (κ1) is 14.4. The maximum Gasteiger partial charge on any atom is 0.161 e. The van der Waals surface area contributed by atoms with Gasteiger partial charge in [-0.3, -0.25) is 0 Å². The van der Waals surface area contributed by atoms with Crippen molar-refractivity contribution in [2.24, 2.45) is 0 Å². The molecule has 1 heterocycles. The Morgan fingerprint density at radius 2 is 1.87 bits per heavy atom. The molecule has 0 amide bonds. The highest BCUT2D eigenvalue weighted by Crippen LogP contribution is 2.35. The molecule has 116 valence electrons. The van der Waals surface area contributed by atoms with Crippen molar-refractivity contribution in [3.8, 4) is 11.5 Å². The number of ether oxygens (including phenoxy) is 2. The molecular formula is C19H16BrNO2. The number of hydrogen-bond acceptors (Lipinski definition) is 3. The maximum absolute atomic E-state index is 5.97. The van der Waals surface area contributed by atoms with E-state index in [9.17, 15) is 0 Å². The highest BCUT2D eigenvalue weighted by atomic mass is 79.9. The van der Waals surface area contributed by atoms with E-state index in [1.54, 1.807) is 7.11 Å². The minimum Gasteiger partial charge on any atom is -0.497 e. The number of hydrogen-bond donors (Lipinski definition) is 0. The van der Waals surface area contributed by atoms with Crippen LogP contribution in [0, 0.1) is 0 Å². The van der Waals surface area contributed by atoms with Crippen LogP contribution in [-0.2, 0) is 6.54 Å². The van der Waals surface area contributed by atoms with Gasteiger partial charge in [-0.05, 0) is 53.2 Å². The van der Waals surface area contributed by atoms with Gasteiger partial charge in [0.25, 0.3) is 0 Å². The lowest BCUT2D eigenvalue weighted by Crippen LogP contribution is -2.31. The summed E-state index contributed by atoms with van der Waals surface area (Å²) in [7, 11) is 1.68. The third-order valence-corrected chi connectivity index (χ3v) is 4.71. The molecule has 0 radical (unpaired) electrons. The number of benzene rings is 3. The van der Waals surface area contributed by atoms with Gasteiger partial charge >= 0.3 is 0 Å². The van der Waals surface area contributed by atoms with Crippen LogP contribution in [-0.4, -0.2) is 13.8 Å². The second-order valence-corrected chi connectivity index (χ2v) is 6.49. The Morgan fingerprint density at radius 3 is 2.65 bits per heavy atom. The van der Waals surface area contributed by atoms with Crippen LogP contribution in [0.25, 0.3) is 10.8 Å². The van der Waals surface area contributed by atoms with Crippen molar-refractivity contribution in [3.63, 3.8) is 0 Å². The standard InChI is InChI=1S/C19H16BrNO2/c1-22-16-6-4-15(5-7-16)21-11-18-17-8-3-14(20)10-13(17)2-9-19(18)23-12-21/h2-10H,11-12H2,1H3. The summed E-state index contributed by atoms with van der Waals surface area (Å²) in [6, 6.07) is 18.6. The van der Waals surface area contributed by atoms with Gasteiger partial charge in [-0.25, -0.2) is 0 Å². The molecule has 0 unspecified atom stereocenters. The summed E-state index contributed by atoms with van der Waals surface area (Å²) in [6.45, 7) is 1.39. The normalized spacial score (nSPS) is 13.6. The molecule has 23 heavy (non-hydrogen) atoms. The molecule has 0 atom stereocenters. The molecule has 1 aliphatic heterocycles. The zero-order valence-electron chi connectivity index (χ0n) is 12.8. The van der Waals surface area contributed by atoms with Crippen molar-refractivity contribution in [2.75, 3.05) is 18.7 Å². The third-order valence-electron chi connectivity index (χ3n) is 4.21. The van der Waals surface area contributed by atoms with Gasteiger partial charge in [0.15, 0.2) is 6.73 Å². The Hall–Kier alpha value is -2.20. The van der Waals surface area contributed by atoms with Crippen LogP contribution in [0.3, 0.4) is 0 Å². The van der Waals surface area contributed by atoms with E-state index < -0.39 is 0 Å². The number of nitrogens with zero attached hydrogens (tertiary/aromatic N) is 1. The minimum absolute atomic E-state index is 0.557. The molecule has 0 aromatic heterocycles. The second kappa shape index (κ2) is 5.78. The van der Waals surface area contributed by atoms with Crippen LogP contribution in [0.15, 0.2) is 59.1 Å². The van der Waals surface area contributed by atoms with Crippen LogP contribution in [0.1, 0.15) is 5.56 Å². The van der Waals surface area contributed by atoms with Gasteiger partial charge in [-0.2, -0.15) is 0 Å². The smallest absolute Gasteiger partial charge is 0.161 e. The minimum atomic E-state index is 0.557. The van der Waals surface area contributed by atoms with Crippen molar-refractivity contribution < 1.29 is 9.47 Å². The van der Waals surface area contributed by atoms with Gasteiger partial charge in [0.2, 0.25) is 0 Å². The fourth-order valence-corrected chi connectivity index (χ4v) is 3.37. The van der Waals surface area contributed by atoms with Gasteiger partial charge in [0.1, 0.15) is 11.5 Å². The SMILES string of the molecule is COc1ccc(N2COc3ccc4cc(Br)ccc4c3C2)cc1. The quantitative estimate of drug-likeness (QED) is 0.636. The summed E-state index contributed by atoms with van der Waals surface area (Å²) in [5, 5.41) is 2.46. The van der Waals surface area contributed by atoms with Crippen molar-refractivity contribution in [1.82, 2.24) is 0 Å². The summed E-state index contributed by atoms with van der Waals surface area (Å²) in [6.07, 6.45) is 0. The highest BCUT2D eigenvalue weighted by molar-refractivity contribution is 9.10. The van der Waals surface area contributed by atoms with Crippen LogP contribution in [0.4, 0.5) is 5.69 Å². The highest BCUT2D eigenvalue weighted by Gasteiger charge is 2.20. The molecule has 0 bridgehead atoms. The van der Waals surface area contributed by atoms with E-state index in [4.69, 9.17) is 9.47 Å². The fourth-order valence-electron chi connectivity index (χ4n) is 2.99. The number of rotatable bonds is 2. The Morgan fingerprint density at radius 1 is 1.04 bits per heavy atom. The van der Waals surface area contributed by atoms with Crippen LogP contribution in [0.2, 0.25) is 0 Å². The molecule has 3 nitrogen and oxygen atoms in total. The summed E-state index contributed by atoms with van der Waals surface area (Å²) >= 11 is 3.54. The van der Waals surface area contributed by atoms with Gasteiger partial charge in [-0.15, -0.1) is 0 Å². The lowest BCUT2D eigenvalue weighted by molar-refractivity contribution is 0.290. The average molecular weight is 370 g/mol. The van der Waals surface area contributed by atoms with Gasteiger partial charge in [0, 0.05) is 15.7 Å². The Balaban J connectivity index is 1.72. The van der Waals surface area contributed by atoms with Gasteiger partial charge in [0.05, 0.1) is 13.7 Å². The topological polar surface area (TPSA) is 21.7 Å². The fraction of sp³-hybridized carbons (Fsp3) is 0.158. The maximum atomic E-state index is 5.97. The molecule has 3 aromatic rings. The van der Waals surface area contributed by atoms with Crippen molar-refractivity contribution >= 4 is 32.4 Å². The summed E-state index contributed by atoms with van der Waals surface area (Å²) < 4.78 is 12.3. The predicted octanol–water partition coefficient (Wildman–Crippen LogP) is 4.97. The Kier molecular flexibility index (Phi) is 3.62. The molecule has 4 heteroatoms. The molecule has 0 N–H and O–H groups in total. The van der Waals surface area contributed by atoms with E-state index in [1.807, 2.05) is 12.1 Å². The van der Waals surface area contributed by atoms with Crippen molar-refractivity contribution in [2.45, 2.75) is 6.54 Å². The van der Waals surface area contributed by atoms with E-state index in [0.717, 1.165) is 28.2 Å². The molecule has 4 rings (SSSR count). The first-order valence-corrected chi connectivity index (χ1v) is 8.27. The first-order chi connectivity index (χ1) is 11.2. The average Bonchev–Trinajstić information content (AvgIpc) is 2.61. The van der Waals surface area contributed by atoms with Crippen LogP contribution >= 0.6 is 15.9 Å². The van der Waals surface area contributed by atoms with E-state index in [1.165, 1.54) is 16.3 Å². The molecule has 0 aliphatic carbocycles. The van der Waals surface area contributed by atoms with E-state index in [0.29, 0.717) is 6.73 Å². The monoisotopic (exact) mass is 369 g/mol. The van der Waals surface area contributed by atoms with E-state index in [-0.39, 0.29) is 0 Å². The zero-order chi connectivity index (χ0) is 15.8. The van der Waals surface area contributed by atoms with Crippen molar-refractivity contribution in [3.05, 3.63) is 64.6 Å². The predicted molar refractivity (Wildman–Crippen MR) is 96.3 cm³/mol. The molecule has 0 saturated heterocycles. The Bertz CT molecular complexity index is 861. The molecule has 0 fully saturated rings. The number of fused-ring (bicyclic) bond motifs is 3. The molecule has 3 aromatic carbocycles. The summed E-state index contributed by atoms with van der Waals surface area (Å²) in [5.74, 6) is 1.84. The second-order valence-electron chi connectivity index (χ2n) is 5.58. The molecule has 1 aliphatic rings. The number of halogens is 1. The molecule has 0 saturated carbocycles. The zero-order valence-corrected chi connectivity index (χ0v) is 14.3. The Labute approximate surface area is 143 Å². The van der Waals surface area contributed by atoms with Gasteiger partial charge < -0.3 is 14.4 Å². The van der Waals surface area contributed by atoms with Crippen LogP contribution in [0.5, 0.6) is 11.5 Å². The van der Waals surface area contributed by atoms with E-state index >= 15 is 0 Å². The molecule has 0 spiro atoms. The summed E-state index contributed by atoms with van der Waals surface area (Å²) in [5.41, 5.74) is 2.36. The molecular weight excluding hydrogens is 354 g/mol. The van der Waals surface area contributed by atoms with Crippen molar-refractivity contribution in [1.29, 1.82) is 0 Å². The summed E-state index contributed by atoms with van der Waals surface area (Å²) in [4.78, 5) is 2.23. The van der Waals surface area contributed by atoms with Gasteiger partial charge in [-0.1, -0.05) is 28.1 Å². The third kappa shape index (κ3) is 2.63. The van der Waals surface area contributed by atoms with Crippen LogP contribution < -0.4 is 14.4 Å². The lowest BCUT2D eigenvalue weighted by atomic mass is 10.0.